The van der Waals surface area contributed by atoms with Gasteiger partial charge in [-0.3, -0.25) is 9.52 Å². The summed E-state index contributed by atoms with van der Waals surface area (Å²) >= 11 is 0. The van der Waals surface area contributed by atoms with Gasteiger partial charge in [-0.1, -0.05) is 60.2 Å². The van der Waals surface area contributed by atoms with Crippen LogP contribution in [0.3, 0.4) is 0 Å². The summed E-state index contributed by atoms with van der Waals surface area (Å²) in [6.07, 6.45) is 1.15. The zero-order valence-corrected chi connectivity index (χ0v) is 18.5. The van der Waals surface area contributed by atoms with E-state index in [4.69, 9.17) is 0 Å². The largest absolute Gasteiger partial charge is 0.287 e. The number of benzene rings is 3. The first-order chi connectivity index (χ1) is 15.2. The average Bonchev–Trinajstić information content (AvgIpc) is 2.77. The van der Waals surface area contributed by atoms with E-state index in [-0.39, 0.29) is 26.8 Å². The van der Waals surface area contributed by atoms with Crippen LogP contribution in [0.1, 0.15) is 21.5 Å². The Morgan fingerprint density at radius 1 is 0.719 bits per heavy atom. The lowest BCUT2D eigenvalue weighted by Crippen LogP contribution is -2.31. The first-order valence-corrected chi connectivity index (χ1v) is 12.4. The van der Waals surface area contributed by atoms with Gasteiger partial charge in [0.05, 0.1) is 21.2 Å². The van der Waals surface area contributed by atoms with Crippen LogP contribution >= 0.6 is 0 Å². The first kappa shape index (κ1) is 21.7. The predicted octanol–water partition coefficient (Wildman–Crippen LogP) is 3.23. The average molecular weight is 467 g/mol. The Morgan fingerprint density at radius 2 is 1.31 bits per heavy atom. The van der Waals surface area contributed by atoms with Crippen LogP contribution in [0.2, 0.25) is 0 Å². The van der Waals surface area contributed by atoms with Gasteiger partial charge < -0.3 is 0 Å². The lowest BCUT2D eigenvalue weighted by Gasteiger charge is -2.18. The first-order valence-electron chi connectivity index (χ1n) is 9.53. The molecule has 1 N–H and O–H groups in total. The van der Waals surface area contributed by atoms with E-state index in [1.165, 1.54) is 30.3 Å². The number of carbonyl (C=O) groups is 1. The smallest absolute Gasteiger partial charge is 0.282 e. The van der Waals surface area contributed by atoms with Crippen LogP contribution in [0.5, 0.6) is 0 Å². The molecule has 0 saturated carbocycles. The van der Waals surface area contributed by atoms with Crippen LogP contribution in [-0.4, -0.2) is 28.3 Å². The van der Waals surface area contributed by atoms with Crippen molar-refractivity contribution in [1.29, 1.82) is 0 Å². The maximum atomic E-state index is 12.9. The minimum Gasteiger partial charge on any atom is -0.287 e. The van der Waals surface area contributed by atoms with Crippen LogP contribution in [0.15, 0.2) is 105 Å². The lowest BCUT2D eigenvalue weighted by atomic mass is 9.93. The Morgan fingerprint density at radius 3 is 1.97 bits per heavy atom. The van der Waals surface area contributed by atoms with E-state index >= 15 is 0 Å². The molecule has 0 unspecified atom stereocenters. The number of nitrogens with one attached hydrogen (secondary N) is 1. The highest BCUT2D eigenvalue weighted by molar-refractivity contribution is 7.90. The Bertz CT molecular complexity index is 1470. The molecule has 4 rings (SSSR count). The van der Waals surface area contributed by atoms with Crippen LogP contribution in [-0.2, 0) is 20.0 Å². The third kappa shape index (κ3) is 4.25. The minimum absolute atomic E-state index is 0.00945. The van der Waals surface area contributed by atoms with Crippen molar-refractivity contribution in [2.24, 2.45) is 4.40 Å². The number of nitrogens with zero attached hydrogens (tertiary/aromatic N) is 1. The second-order valence-corrected chi connectivity index (χ2v) is 10.4. The van der Waals surface area contributed by atoms with Gasteiger partial charge >= 0.3 is 0 Å². The summed E-state index contributed by atoms with van der Waals surface area (Å²) in [7, 11) is -8.16. The topological polar surface area (TPSA) is 110 Å². The number of Topliss-reactive ketones (excluding diaryl/α,β-unsaturated/α-hetero) is 1. The Kier molecular flexibility index (Phi) is 5.53. The molecule has 0 bridgehead atoms. The highest BCUT2D eigenvalue weighted by Crippen LogP contribution is 2.24. The number of hydrogen-bond acceptors (Lipinski definition) is 5. The van der Waals surface area contributed by atoms with Crippen LogP contribution in [0, 0.1) is 6.92 Å². The summed E-state index contributed by atoms with van der Waals surface area (Å²) in [6, 6.07) is 20.1. The van der Waals surface area contributed by atoms with Crippen LogP contribution < -0.4 is 4.72 Å². The Hall–Kier alpha value is -3.56. The number of allylic oxidation sites excluding steroid dienone is 2. The summed E-state index contributed by atoms with van der Waals surface area (Å²) in [4.78, 5) is 12.9. The molecular formula is C23H18N2O5S2. The van der Waals surface area contributed by atoms with E-state index in [0.29, 0.717) is 5.56 Å². The highest BCUT2D eigenvalue weighted by atomic mass is 32.2. The fraction of sp³-hybridized carbons (Fsp3) is 0.0435. The second-order valence-electron chi connectivity index (χ2n) is 7.12. The molecule has 0 heterocycles. The lowest BCUT2D eigenvalue weighted by molar-refractivity contribution is 0.102. The molecule has 0 aliphatic heterocycles. The van der Waals surface area contributed by atoms with Crippen molar-refractivity contribution in [2.75, 3.05) is 0 Å². The molecular weight excluding hydrogens is 448 g/mol. The number of rotatable bonds is 5. The van der Waals surface area contributed by atoms with E-state index < -0.39 is 25.8 Å². The summed E-state index contributed by atoms with van der Waals surface area (Å²) in [6.45, 7) is 1.83. The van der Waals surface area contributed by atoms with E-state index in [1.807, 2.05) is 6.92 Å². The molecule has 0 aromatic heterocycles. The molecule has 32 heavy (non-hydrogen) atoms. The fourth-order valence-electron chi connectivity index (χ4n) is 3.18. The number of ketones is 1. The molecule has 3 aromatic carbocycles. The van der Waals surface area contributed by atoms with E-state index in [9.17, 15) is 21.6 Å². The van der Waals surface area contributed by atoms with Gasteiger partial charge in [0, 0.05) is 11.1 Å². The summed E-state index contributed by atoms with van der Waals surface area (Å²) in [5.41, 5.74) is 1.02. The predicted molar refractivity (Wildman–Crippen MR) is 121 cm³/mol. The Balaban J connectivity index is 1.82. The molecule has 1 aliphatic carbocycles. The van der Waals surface area contributed by atoms with Crippen molar-refractivity contribution < 1.29 is 21.6 Å². The van der Waals surface area contributed by atoms with Gasteiger partial charge in [-0.05, 0) is 37.3 Å². The van der Waals surface area contributed by atoms with Gasteiger partial charge in [0.1, 0.15) is 0 Å². The normalized spacial score (nSPS) is 15.2. The molecule has 9 heteroatoms. The number of sulfonamides is 2. The summed E-state index contributed by atoms with van der Waals surface area (Å²) in [5, 5.41) is 0. The number of carbonyl (C=O) groups excluding carboxylic acids is 1. The quantitative estimate of drug-likeness (QED) is 0.621. The van der Waals surface area contributed by atoms with Gasteiger partial charge in [-0.2, -0.15) is 12.8 Å². The molecule has 0 saturated heterocycles. The third-order valence-corrected chi connectivity index (χ3v) is 7.49. The van der Waals surface area contributed by atoms with Crippen molar-refractivity contribution in [3.8, 4) is 0 Å². The second kappa shape index (κ2) is 8.18. The SMILES string of the molecule is Cc1ccc(S(=O)(=O)/N=C2/C=C(NS(=O)(=O)c3ccccc3)C(=O)c3ccccc32)cc1. The number of aryl methyl sites for hydroxylation is 1. The van der Waals surface area contributed by atoms with E-state index in [1.54, 1.807) is 48.5 Å². The van der Waals surface area contributed by atoms with Crippen LogP contribution in [0.4, 0.5) is 0 Å². The number of fused-ring (bicyclic) bond motifs is 1. The minimum atomic E-state index is -4.10. The zero-order chi connectivity index (χ0) is 22.9. The van der Waals surface area contributed by atoms with Crippen molar-refractivity contribution in [1.82, 2.24) is 4.72 Å². The molecule has 1 aliphatic rings. The maximum absolute atomic E-state index is 12.9. The molecule has 0 atom stereocenters. The van der Waals surface area contributed by atoms with Crippen LogP contribution in [0.25, 0.3) is 0 Å². The Labute approximate surface area is 186 Å². The monoisotopic (exact) mass is 466 g/mol. The molecule has 0 amide bonds. The van der Waals surface area contributed by atoms with Crippen molar-refractivity contribution in [3.05, 3.63) is 107 Å². The van der Waals surface area contributed by atoms with Crippen molar-refractivity contribution >= 4 is 31.5 Å². The van der Waals surface area contributed by atoms with E-state index in [0.717, 1.165) is 11.6 Å². The highest BCUT2D eigenvalue weighted by Gasteiger charge is 2.29. The molecule has 0 spiro atoms. The molecule has 7 nitrogen and oxygen atoms in total. The van der Waals surface area contributed by atoms with E-state index in [2.05, 4.69) is 9.12 Å². The van der Waals surface area contributed by atoms with Gasteiger partial charge in [-0.25, -0.2) is 8.42 Å². The molecule has 162 valence electrons. The molecule has 0 fully saturated rings. The summed E-state index contributed by atoms with van der Waals surface area (Å²) < 4.78 is 57.4. The van der Waals surface area contributed by atoms with Gasteiger partial charge in [0.15, 0.2) is 0 Å². The maximum Gasteiger partial charge on any atom is 0.282 e. The molecule has 0 radical (unpaired) electrons. The van der Waals surface area contributed by atoms with Crippen molar-refractivity contribution in [3.63, 3.8) is 0 Å². The zero-order valence-electron chi connectivity index (χ0n) is 16.9. The molecule has 3 aromatic rings. The van der Waals surface area contributed by atoms with Crippen molar-refractivity contribution in [2.45, 2.75) is 16.7 Å². The van der Waals surface area contributed by atoms with Gasteiger partial charge in [-0.15, -0.1) is 0 Å². The third-order valence-electron chi connectivity index (χ3n) is 4.81. The summed E-state index contributed by atoms with van der Waals surface area (Å²) in [5.74, 6) is -0.577. The fourth-order valence-corrected chi connectivity index (χ4v) is 5.25. The van der Waals surface area contributed by atoms with Gasteiger partial charge in [0.2, 0.25) is 5.78 Å². The van der Waals surface area contributed by atoms with Gasteiger partial charge in [0.25, 0.3) is 20.0 Å². The standard InChI is InChI=1S/C23H18N2O5S2/c1-16-11-13-18(14-12-16)32(29,30)24-21-15-22(23(26)20-10-6-5-9-19(20)21)25-31(27,28)17-7-3-2-4-8-17/h2-15,25H,1H3/b24-21-. The number of hydrogen-bond donors (Lipinski definition) is 1.